The van der Waals surface area contributed by atoms with Crippen molar-refractivity contribution in [1.82, 2.24) is 24.1 Å². The molecular weight excluding hydrogens is 395 g/mol. The summed E-state index contributed by atoms with van der Waals surface area (Å²) in [6.07, 6.45) is 2.82. The maximum absolute atomic E-state index is 14.6. The van der Waals surface area contributed by atoms with Gasteiger partial charge in [0.25, 0.3) is 10.0 Å². The van der Waals surface area contributed by atoms with Crippen molar-refractivity contribution in [3.05, 3.63) is 29.8 Å². The van der Waals surface area contributed by atoms with Gasteiger partial charge < -0.3 is 4.98 Å². The van der Waals surface area contributed by atoms with E-state index in [1.165, 1.54) is 27.4 Å². The number of nitrogens with one attached hydrogen (secondary N) is 1. The van der Waals surface area contributed by atoms with Gasteiger partial charge in [-0.05, 0) is 37.0 Å². The lowest BCUT2D eigenvalue weighted by Gasteiger charge is -2.18. The molecular formula is C19H21FN6O2S. The number of fused-ring (bicyclic) bond motifs is 1. The number of hydrogen-bond acceptors (Lipinski definition) is 5. The number of aromatic amines is 1. The van der Waals surface area contributed by atoms with E-state index in [4.69, 9.17) is 0 Å². The molecule has 1 fully saturated rings. The molecule has 4 rings (SSSR count). The minimum Gasteiger partial charge on any atom is -0.342 e. The predicted octanol–water partition coefficient (Wildman–Crippen LogP) is 2.72. The van der Waals surface area contributed by atoms with E-state index in [1.807, 2.05) is 6.92 Å². The Kier molecular flexibility index (Phi) is 4.67. The van der Waals surface area contributed by atoms with Gasteiger partial charge in [0, 0.05) is 24.5 Å². The van der Waals surface area contributed by atoms with E-state index in [9.17, 15) is 18.1 Å². The lowest BCUT2D eigenvalue weighted by atomic mass is 10.0. The lowest BCUT2D eigenvalue weighted by molar-refractivity contribution is 0.425. The van der Waals surface area contributed by atoms with Gasteiger partial charge in [-0.15, -0.1) is 0 Å². The second-order valence-corrected chi connectivity index (χ2v) is 9.30. The van der Waals surface area contributed by atoms with E-state index in [-0.39, 0.29) is 23.0 Å². The molecule has 10 heteroatoms. The summed E-state index contributed by atoms with van der Waals surface area (Å²) in [6.45, 7) is 3.98. The summed E-state index contributed by atoms with van der Waals surface area (Å²) in [5.74, 6) is -0.0329. The molecule has 1 aliphatic heterocycles. The number of aromatic nitrogens is 4. The fourth-order valence-electron chi connectivity index (χ4n) is 3.95. The number of rotatable bonds is 4. The van der Waals surface area contributed by atoms with Crippen LogP contribution in [-0.4, -0.2) is 45.1 Å². The highest BCUT2D eigenvalue weighted by atomic mass is 32.2. The summed E-state index contributed by atoms with van der Waals surface area (Å²) >= 11 is 0. The molecule has 2 atom stereocenters. The van der Waals surface area contributed by atoms with Crippen LogP contribution in [0.1, 0.15) is 25.3 Å². The summed E-state index contributed by atoms with van der Waals surface area (Å²) in [5, 5.41) is 14.0. The zero-order valence-electron chi connectivity index (χ0n) is 16.3. The van der Waals surface area contributed by atoms with E-state index in [0.717, 1.165) is 6.42 Å². The minimum absolute atomic E-state index is 0.0800. The van der Waals surface area contributed by atoms with Gasteiger partial charge in [-0.25, -0.2) is 17.8 Å². The quantitative estimate of drug-likeness (QED) is 0.704. The third-order valence-electron chi connectivity index (χ3n) is 5.52. The summed E-state index contributed by atoms with van der Waals surface area (Å²) < 4.78 is 43.9. The number of H-pyrrole nitrogens is 1. The molecule has 1 N–H and O–H groups in total. The molecule has 0 amide bonds. The van der Waals surface area contributed by atoms with Gasteiger partial charge in [-0.3, -0.25) is 4.68 Å². The van der Waals surface area contributed by atoms with Crippen molar-refractivity contribution in [2.45, 2.75) is 37.8 Å². The Balaban J connectivity index is 1.88. The summed E-state index contributed by atoms with van der Waals surface area (Å²) in [5.41, 5.74) is 1.26. The fourth-order valence-corrected chi connectivity index (χ4v) is 5.57. The predicted molar refractivity (Wildman–Crippen MR) is 105 cm³/mol. The molecule has 0 radical (unpaired) electrons. The normalized spacial score (nSPS) is 20.4. The van der Waals surface area contributed by atoms with Gasteiger partial charge in [-0.1, -0.05) is 13.3 Å². The summed E-state index contributed by atoms with van der Waals surface area (Å²) in [6, 6.07) is 4.11. The standard InChI is InChI=1S/C19H21FN6O2S/c1-4-12-6-13(8-21)26(9-12)29(27,28)16-7-14-17(19-22-10-25(3)24-19)11(2)5-15(20)18(14)23-16/h5,7,10,12-13,23H,4,6,9H2,1-3H3. The van der Waals surface area contributed by atoms with Crippen LogP contribution < -0.4 is 0 Å². The molecule has 1 saturated heterocycles. The molecule has 2 aromatic heterocycles. The van der Waals surface area contributed by atoms with Crippen LogP contribution in [0.15, 0.2) is 23.5 Å². The first kappa shape index (κ1) is 19.5. The van der Waals surface area contributed by atoms with Crippen molar-refractivity contribution in [3.8, 4) is 17.5 Å². The van der Waals surface area contributed by atoms with Crippen LogP contribution in [-0.2, 0) is 17.1 Å². The molecule has 152 valence electrons. The zero-order chi connectivity index (χ0) is 20.9. The Morgan fingerprint density at radius 3 is 2.79 bits per heavy atom. The second kappa shape index (κ2) is 6.93. The number of nitriles is 1. The van der Waals surface area contributed by atoms with Crippen LogP contribution in [0.25, 0.3) is 22.3 Å². The maximum atomic E-state index is 14.6. The van der Waals surface area contributed by atoms with Gasteiger partial charge >= 0.3 is 0 Å². The van der Waals surface area contributed by atoms with Crippen molar-refractivity contribution in [1.29, 1.82) is 5.26 Å². The van der Waals surface area contributed by atoms with Crippen LogP contribution in [0.5, 0.6) is 0 Å². The first-order chi connectivity index (χ1) is 13.8. The highest BCUT2D eigenvalue weighted by Crippen LogP contribution is 2.36. The van der Waals surface area contributed by atoms with E-state index in [2.05, 4.69) is 21.1 Å². The SMILES string of the molecule is CCC1CC(C#N)N(S(=O)(=O)c2cc3c(-c4ncn(C)n4)c(C)cc(F)c3[nH]2)C1. The smallest absolute Gasteiger partial charge is 0.259 e. The second-order valence-electron chi connectivity index (χ2n) is 7.44. The van der Waals surface area contributed by atoms with Crippen molar-refractivity contribution >= 4 is 20.9 Å². The number of hydrogen-bond donors (Lipinski definition) is 1. The molecule has 1 aromatic carbocycles. The minimum atomic E-state index is -3.99. The topological polar surface area (TPSA) is 108 Å². The highest BCUT2D eigenvalue weighted by molar-refractivity contribution is 7.89. The maximum Gasteiger partial charge on any atom is 0.259 e. The lowest BCUT2D eigenvalue weighted by Crippen LogP contribution is -2.35. The van der Waals surface area contributed by atoms with Gasteiger partial charge in [0.1, 0.15) is 23.2 Å². The van der Waals surface area contributed by atoms with Crippen molar-refractivity contribution in [2.24, 2.45) is 13.0 Å². The van der Waals surface area contributed by atoms with Gasteiger partial charge in [0.15, 0.2) is 5.82 Å². The third-order valence-corrected chi connectivity index (χ3v) is 7.31. The molecule has 0 bridgehead atoms. The number of sulfonamides is 1. The van der Waals surface area contributed by atoms with Gasteiger partial charge in [0.2, 0.25) is 0 Å². The van der Waals surface area contributed by atoms with Crippen LogP contribution in [0, 0.1) is 30.0 Å². The largest absolute Gasteiger partial charge is 0.342 e. The van der Waals surface area contributed by atoms with Crippen molar-refractivity contribution < 1.29 is 12.8 Å². The fraction of sp³-hybridized carbons (Fsp3) is 0.421. The summed E-state index contributed by atoms with van der Waals surface area (Å²) in [4.78, 5) is 6.96. The molecule has 29 heavy (non-hydrogen) atoms. The van der Waals surface area contributed by atoms with Crippen molar-refractivity contribution in [2.75, 3.05) is 6.54 Å². The summed E-state index contributed by atoms with van der Waals surface area (Å²) in [7, 11) is -2.26. The van der Waals surface area contributed by atoms with Crippen LogP contribution in [0.2, 0.25) is 0 Å². The number of benzene rings is 1. The molecule has 2 unspecified atom stereocenters. The van der Waals surface area contributed by atoms with E-state index in [0.29, 0.717) is 28.8 Å². The average Bonchev–Trinajstić information content (AvgIpc) is 3.39. The van der Waals surface area contributed by atoms with Crippen LogP contribution in [0.4, 0.5) is 4.39 Å². The van der Waals surface area contributed by atoms with Gasteiger partial charge in [0.05, 0.1) is 11.6 Å². The Bertz CT molecular complexity index is 1240. The first-order valence-electron chi connectivity index (χ1n) is 9.35. The third kappa shape index (κ3) is 3.10. The number of halogens is 1. The van der Waals surface area contributed by atoms with E-state index < -0.39 is 21.9 Å². The molecule has 0 saturated carbocycles. The Hall–Kier alpha value is -2.77. The number of nitrogens with zero attached hydrogens (tertiary/aromatic N) is 5. The van der Waals surface area contributed by atoms with E-state index in [1.54, 1.807) is 14.0 Å². The molecule has 0 spiro atoms. The van der Waals surface area contributed by atoms with Crippen LogP contribution in [0.3, 0.4) is 0 Å². The Morgan fingerprint density at radius 1 is 1.41 bits per heavy atom. The van der Waals surface area contributed by atoms with E-state index >= 15 is 0 Å². The average molecular weight is 416 g/mol. The highest BCUT2D eigenvalue weighted by Gasteiger charge is 2.40. The van der Waals surface area contributed by atoms with Gasteiger partial charge in [-0.2, -0.15) is 14.7 Å². The molecule has 8 nitrogen and oxygen atoms in total. The monoisotopic (exact) mass is 416 g/mol. The van der Waals surface area contributed by atoms with Crippen molar-refractivity contribution in [3.63, 3.8) is 0 Å². The Labute approximate surface area is 168 Å². The molecule has 3 heterocycles. The zero-order valence-corrected chi connectivity index (χ0v) is 17.2. The molecule has 1 aliphatic rings. The van der Waals surface area contributed by atoms with Crippen LogP contribution >= 0.6 is 0 Å². The Morgan fingerprint density at radius 2 is 2.17 bits per heavy atom. The molecule has 3 aromatic rings. The first-order valence-corrected chi connectivity index (χ1v) is 10.8. The number of aryl methyl sites for hydroxylation is 2. The molecule has 0 aliphatic carbocycles.